The molecule has 1 aromatic heterocycles. The third-order valence-corrected chi connectivity index (χ3v) is 3.76. The SMILES string of the molecule is CNC1C(=O)N(Cc2ncncn2)CCCC1(C)C. The quantitative estimate of drug-likeness (QED) is 0.865. The molecule has 0 bridgehead atoms. The Morgan fingerprint density at radius 1 is 1.42 bits per heavy atom. The number of likely N-dealkylation sites (N-methyl/N-ethyl adjacent to an activating group) is 1. The molecule has 0 aliphatic carbocycles. The second-order valence-corrected chi connectivity index (χ2v) is 5.63. The fourth-order valence-electron chi connectivity index (χ4n) is 2.68. The van der Waals surface area contributed by atoms with Crippen molar-refractivity contribution in [1.29, 1.82) is 0 Å². The van der Waals surface area contributed by atoms with Gasteiger partial charge in [0.15, 0.2) is 5.82 Å². The summed E-state index contributed by atoms with van der Waals surface area (Å²) in [6.45, 7) is 5.48. The van der Waals surface area contributed by atoms with Gasteiger partial charge in [-0.05, 0) is 25.3 Å². The Labute approximate surface area is 113 Å². The molecule has 19 heavy (non-hydrogen) atoms. The molecule has 104 valence electrons. The first-order valence-electron chi connectivity index (χ1n) is 6.61. The van der Waals surface area contributed by atoms with Crippen molar-refractivity contribution >= 4 is 5.91 Å². The van der Waals surface area contributed by atoms with E-state index in [0.717, 1.165) is 19.4 Å². The van der Waals surface area contributed by atoms with Crippen molar-refractivity contribution in [3.05, 3.63) is 18.5 Å². The van der Waals surface area contributed by atoms with Gasteiger partial charge < -0.3 is 10.2 Å². The fourth-order valence-corrected chi connectivity index (χ4v) is 2.68. The van der Waals surface area contributed by atoms with Gasteiger partial charge in [0.1, 0.15) is 12.7 Å². The average Bonchev–Trinajstić information content (AvgIpc) is 2.48. The minimum Gasteiger partial charge on any atom is -0.334 e. The molecule has 0 radical (unpaired) electrons. The van der Waals surface area contributed by atoms with E-state index in [9.17, 15) is 4.79 Å². The van der Waals surface area contributed by atoms with Crippen LogP contribution in [0.1, 0.15) is 32.5 Å². The molecule has 1 saturated heterocycles. The molecule has 0 aromatic carbocycles. The first-order valence-corrected chi connectivity index (χ1v) is 6.61. The summed E-state index contributed by atoms with van der Waals surface area (Å²) < 4.78 is 0. The number of nitrogens with zero attached hydrogens (tertiary/aromatic N) is 4. The molecule has 1 unspecified atom stereocenters. The molecule has 0 spiro atoms. The van der Waals surface area contributed by atoms with Crippen LogP contribution in [0, 0.1) is 5.41 Å². The van der Waals surface area contributed by atoms with E-state index in [1.807, 2.05) is 11.9 Å². The summed E-state index contributed by atoms with van der Waals surface area (Å²) in [5.74, 6) is 0.767. The zero-order valence-corrected chi connectivity index (χ0v) is 11.8. The third-order valence-electron chi connectivity index (χ3n) is 3.76. The van der Waals surface area contributed by atoms with Gasteiger partial charge >= 0.3 is 0 Å². The molecule has 2 rings (SSSR count). The van der Waals surface area contributed by atoms with E-state index in [1.165, 1.54) is 12.7 Å². The van der Waals surface area contributed by atoms with E-state index in [1.54, 1.807) is 0 Å². The molecule has 1 aromatic rings. The highest BCUT2D eigenvalue weighted by Crippen LogP contribution is 2.31. The second-order valence-electron chi connectivity index (χ2n) is 5.63. The van der Waals surface area contributed by atoms with Crippen molar-refractivity contribution < 1.29 is 4.79 Å². The highest BCUT2D eigenvalue weighted by atomic mass is 16.2. The number of rotatable bonds is 3. The van der Waals surface area contributed by atoms with E-state index in [-0.39, 0.29) is 17.4 Å². The van der Waals surface area contributed by atoms with Crippen LogP contribution in [0.5, 0.6) is 0 Å². The maximum absolute atomic E-state index is 12.6. The standard InChI is InChI=1S/C13H21N5O/c1-13(2)5-4-6-18(12(19)11(13)14-3)7-10-16-8-15-9-17-10/h8-9,11,14H,4-7H2,1-3H3. The summed E-state index contributed by atoms with van der Waals surface area (Å²) in [6, 6.07) is -0.156. The topological polar surface area (TPSA) is 71.0 Å². The minimum absolute atomic E-state index is 0.0281. The van der Waals surface area contributed by atoms with E-state index in [0.29, 0.717) is 12.4 Å². The van der Waals surface area contributed by atoms with Gasteiger partial charge in [-0.15, -0.1) is 0 Å². The van der Waals surface area contributed by atoms with Crippen molar-refractivity contribution in [3.8, 4) is 0 Å². The maximum Gasteiger partial charge on any atom is 0.240 e. The van der Waals surface area contributed by atoms with Crippen LogP contribution in [0.15, 0.2) is 12.7 Å². The van der Waals surface area contributed by atoms with Crippen LogP contribution in [-0.2, 0) is 11.3 Å². The monoisotopic (exact) mass is 263 g/mol. The summed E-state index contributed by atoms with van der Waals surface area (Å²) in [4.78, 5) is 26.4. The molecule has 0 saturated carbocycles. The summed E-state index contributed by atoms with van der Waals surface area (Å²) >= 11 is 0. The van der Waals surface area contributed by atoms with Crippen molar-refractivity contribution in [3.63, 3.8) is 0 Å². The number of carbonyl (C=O) groups is 1. The highest BCUT2D eigenvalue weighted by Gasteiger charge is 2.38. The molecule has 1 N–H and O–H groups in total. The number of nitrogens with one attached hydrogen (secondary N) is 1. The summed E-state index contributed by atoms with van der Waals surface area (Å²) in [6.07, 6.45) is 4.95. The molecule has 1 fully saturated rings. The van der Waals surface area contributed by atoms with Gasteiger partial charge in [0.05, 0.1) is 12.6 Å². The Hall–Kier alpha value is -1.56. The Morgan fingerprint density at radius 2 is 2.11 bits per heavy atom. The number of hydrogen-bond acceptors (Lipinski definition) is 5. The van der Waals surface area contributed by atoms with Crippen LogP contribution >= 0.6 is 0 Å². The molecule has 6 heteroatoms. The van der Waals surface area contributed by atoms with Crippen LogP contribution in [0.4, 0.5) is 0 Å². The molecular weight excluding hydrogens is 242 g/mol. The molecule has 1 amide bonds. The number of aromatic nitrogens is 3. The number of amides is 1. The van der Waals surface area contributed by atoms with Gasteiger partial charge in [0.2, 0.25) is 5.91 Å². The number of hydrogen-bond donors (Lipinski definition) is 1. The predicted octanol–water partition coefficient (Wildman–Crippen LogP) is 0.608. The Balaban J connectivity index is 2.15. The lowest BCUT2D eigenvalue weighted by molar-refractivity contribution is -0.135. The first-order chi connectivity index (χ1) is 9.04. The van der Waals surface area contributed by atoms with Crippen LogP contribution in [-0.4, -0.2) is 45.4 Å². The molecule has 2 heterocycles. The van der Waals surface area contributed by atoms with Crippen molar-refractivity contribution in [2.24, 2.45) is 5.41 Å². The fraction of sp³-hybridized carbons (Fsp3) is 0.692. The normalized spacial score (nSPS) is 23.2. The maximum atomic E-state index is 12.6. The molecule has 1 atom stereocenters. The van der Waals surface area contributed by atoms with Crippen LogP contribution in [0.3, 0.4) is 0 Å². The lowest BCUT2D eigenvalue weighted by Gasteiger charge is -2.32. The van der Waals surface area contributed by atoms with Gasteiger partial charge in [-0.1, -0.05) is 13.8 Å². The van der Waals surface area contributed by atoms with E-state index < -0.39 is 0 Å². The van der Waals surface area contributed by atoms with Crippen LogP contribution in [0.2, 0.25) is 0 Å². The summed E-state index contributed by atoms with van der Waals surface area (Å²) in [5, 5.41) is 3.16. The van der Waals surface area contributed by atoms with Gasteiger partial charge in [-0.2, -0.15) is 0 Å². The zero-order chi connectivity index (χ0) is 13.9. The first kappa shape index (κ1) is 13.9. The number of carbonyl (C=O) groups excluding carboxylic acids is 1. The Kier molecular flexibility index (Phi) is 4.09. The smallest absolute Gasteiger partial charge is 0.240 e. The van der Waals surface area contributed by atoms with Crippen molar-refractivity contribution in [1.82, 2.24) is 25.2 Å². The van der Waals surface area contributed by atoms with Gasteiger partial charge in [-0.3, -0.25) is 4.79 Å². The Morgan fingerprint density at radius 3 is 2.74 bits per heavy atom. The average molecular weight is 263 g/mol. The second kappa shape index (κ2) is 5.61. The predicted molar refractivity (Wildman–Crippen MR) is 71.1 cm³/mol. The largest absolute Gasteiger partial charge is 0.334 e. The summed E-state index contributed by atoms with van der Waals surface area (Å²) in [7, 11) is 1.84. The van der Waals surface area contributed by atoms with Gasteiger partial charge in [0, 0.05) is 6.54 Å². The van der Waals surface area contributed by atoms with Crippen molar-refractivity contribution in [2.75, 3.05) is 13.6 Å². The molecule has 1 aliphatic heterocycles. The molecule has 6 nitrogen and oxygen atoms in total. The highest BCUT2D eigenvalue weighted by molar-refractivity contribution is 5.83. The van der Waals surface area contributed by atoms with Crippen LogP contribution in [0.25, 0.3) is 0 Å². The lowest BCUT2D eigenvalue weighted by Crippen LogP contribution is -2.50. The summed E-state index contributed by atoms with van der Waals surface area (Å²) in [5.41, 5.74) is -0.0281. The van der Waals surface area contributed by atoms with E-state index >= 15 is 0 Å². The third kappa shape index (κ3) is 3.07. The molecular formula is C13H21N5O. The van der Waals surface area contributed by atoms with E-state index in [2.05, 4.69) is 34.1 Å². The van der Waals surface area contributed by atoms with Crippen LogP contribution < -0.4 is 5.32 Å². The lowest BCUT2D eigenvalue weighted by atomic mass is 9.80. The van der Waals surface area contributed by atoms with Gasteiger partial charge in [-0.25, -0.2) is 15.0 Å². The molecule has 1 aliphatic rings. The van der Waals surface area contributed by atoms with Gasteiger partial charge in [0.25, 0.3) is 0 Å². The minimum atomic E-state index is -0.156. The zero-order valence-electron chi connectivity index (χ0n) is 11.8. The van der Waals surface area contributed by atoms with Crippen molar-refractivity contribution in [2.45, 2.75) is 39.3 Å². The number of likely N-dealkylation sites (tertiary alicyclic amines) is 1. The Bertz CT molecular complexity index is 434. The van der Waals surface area contributed by atoms with E-state index in [4.69, 9.17) is 0 Å².